The first-order valence-electron chi connectivity index (χ1n) is 15.1. The molecule has 0 aliphatic heterocycles. The summed E-state index contributed by atoms with van der Waals surface area (Å²) < 4.78 is 2.54. The van der Waals surface area contributed by atoms with Crippen LogP contribution in [0.5, 0.6) is 0 Å². The Hall–Kier alpha value is -3.63. The summed E-state index contributed by atoms with van der Waals surface area (Å²) in [6.45, 7) is 0. The molecule has 0 radical (unpaired) electrons. The van der Waals surface area contributed by atoms with Crippen molar-refractivity contribution in [3.05, 3.63) is 207 Å². The molecule has 7 rings (SSSR count). The second kappa shape index (κ2) is 13.0. The summed E-state index contributed by atoms with van der Waals surface area (Å²) >= 11 is -3.96. The molecule has 1 aromatic heterocycles. The Labute approximate surface area is 274 Å². The first-order valence-corrected chi connectivity index (χ1v) is 27.1. The van der Waals surface area contributed by atoms with E-state index in [0.29, 0.717) is 0 Å². The van der Waals surface area contributed by atoms with Crippen molar-refractivity contribution in [3.8, 4) is 0 Å². The van der Waals surface area contributed by atoms with Gasteiger partial charge < -0.3 is 0 Å². The minimum absolute atomic E-state index is 1.34. The Morgan fingerprint density at radius 2 is 0.511 bits per heavy atom. The average molecular weight is 729 g/mol. The van der Waals surface area contributed by atoms with Crippen molar-refractivity contribution in [3.63, 3.8) is 0 Å². The van der Waals surface area contributed by atoms with Crippen LogP contribution in [0.25, 0.3) is 0 Å². The molecule has 0 saturated heterocycles. The summed E-state index contributed by atoms with van der Waals surface area (Å²) in [4.78, 5) is 0. The first-order chi connectivity index (χ1) is 22.2. The maximum absolute atomic E-state index is 9.32. The second-order valence-corrected chi connectivity index (χ2v) is 40.9. The molecule has 0 spiro atoms. The third-order valence-corrected chi connectivity index (χ3v) is 57.3. The van der Waals surface area contributed by atoms with E-state index in [-0.39, 0.29) is 0 Å². The summed E-state index contributed by atoms with van der Waals surface area (Å²) in [5.41, 5.74) is -6.21. The van der Waals surface area contributed by atoms with Gasteiger partial charge in [-0.15, -0.1) is 0 Å². The van der Waals surface area contributed by atoms with Crippen LogP contribution >= 0.6 is 20.9 Å². The van der Waals surface area contributed by atoms with Crippen molar-refractivity contribution >= 4 is 52.7 Å². The fourth-order valence-electron chi connectivity index (χ4n) is 6.72. The fraction of sp³-hybridized carbons (Fsp3) is 0. The zero-order valence-corrected chi connectivity index (χ0v) is 29.3. The van der Waals surface area contributed by atoms with Crippen molar-refractivity contribution in [1.29, 1.82) is 0 Å². The van der Waals surface area contributed by atoms with Crippen LogP contribution < -0.4 is 31.8 Å². The van der Waals surface area contributed by atoms with Gasteiger partial charge in [0, 0.05) is 0 Å². The van der Waals surface area contributed by atoms with E-state index in [9.17, 15) is 9.69 Å². The molecule has 6 aromatic carbocycles. The maximum atomic E-state index is 9.32. The Balaban J connectivity index is 1.81. The first kappa shape index (κ1) is 30.0. The van der Waals surface area contributed by atoms with Crippen LogP contribution in [0.15, 0.2) is 207 Å². The number of nitrogens with zero attached hydrogens (tertiary/aromatic N) is 1. The molecule has 1 nitrogen and oxygen atoms in total. The zero-order valence-electron chi connectivity index (χ0n) is 24.8. The van der Waals surface area contributed by atoms with Gasteiger partial charge in [-0.2, -0.15) is 0 Å². The van der Waals surface area contributed by atoms with Gasteiger partial charge in [0.25, 0.3) is 0 Å². The predicted molar refractivity (Wildman–Crippen MR) is 199 cm³/mol. The van der Waals surface area contributed by atoms with Crippen molar-refractivity contribution in [1.82, 2.24) is 3.31 Å². The van der Waals surface area contributed by atoms with Crippen LogP contribution in [0.1, 0.15) is 0 Å². The number of aromatic nitrogens is 1. The topological polar surface area (TPSA) is 4.93 Å². The van der Waals surface area contributed by atoms with Gasteiger partial charge in [-0.25, -0.2) is 0 Å². The van der Waals surface area contributed by atoms with Crippen LogP contribution in [-0.4, -0.2) is 3.31 Å². The Morgan fingerprint density at radius 3 is 0.711 bits per heavy atom. The van der Waals surface area contributed by atoms with E-state index in [1.54, 1.807) is 0 Å². The molecule has 7 aromatic rings. The number of hydrogen-bond donors (Lipinski definition) is 0. The van der Waals surface area contributed by atoms with E-state index < -0.39 is 24.2 Å². The molecule has 226 valence electrons. The molecule has 0 aliphatic rings. The van der Waals surface area contributed by atoms with Gasteiger partial charge in [0.15, 0.2) is 0 Å². The van der Waals surface area contributed by atoms with Crippen LogP contribution in [-0.2, 0) is 13.1 Å². The standard InChI is InChI=1S/2C18H15P.C4H4N.ClH.Ru/c2*1-4-10-16(11-5-1)19(17-12-6-2-7-13-17)18-14-8-3-9-15-18;1-2-4-5-3-1;;/h2*1-15H;1-4H;1H;/q;;-1;;/p+1. The van der Waals surface area contributed by atoms with E-state index in [4.69, 9.17) is 0 Å². The zero-order chi connectivity index (χ0) is 30.6. The van der Waals surface area contributed by atoms with Gasteiger partial charge in [-0.3, -0.25) is 0 Å². The molecule has 0 saturated carbocycles. The van der Waals surface area contributed by atoms with Crippen molar-refractivity contribution < 1.29 is 13.1 Å². The minimum atomic E-state index is -3.96. The van der Waals surface area contributed by atoms with Gasteiger partial charge in [0.1, 0.15) is 0 Å². The molecule has 0 amide bonds. The molecule has 0 bridgehead atoms. The van der Waals surface area contributed by atoms with Crippen LogP contribution in [0, 0.1) is 0 Å². The molecule has 0 N–H and O–H groups in total. The summed E-state index contributed by atoms with van der Waals surface area (Å²) in [6.07, 6.45) is 4.54. The molecular formula is C40H36ClNP2Ru. The summed E-state index contributed by atoms with van der Waals surface area (Å²) in [5.74, 6) is 0. The summed E-state index contributed by atoms with van der Waals surface area (Å²) in [7, 11) is 9.32. The van der Waals surface area contributed by atoms with Gasteiger partial charge in [-0.05, 0) is 0 Å². The SMILES string of the molecule is [Cl][Ru]([n]1cccc1)([PH](c1ccccc1)(c1ccccc1)c1ccccc1)[PH](c1ccccc1)(c1ccccc1)c1ccccc1. The van der Waals surface area contributed by atoms with E-state index in [2.05, 4.69) is 210 Å². The second-order valence-electron chi connectivity index (χ2n) is 10.9. The summed E-state index contributed by atoms with van der Waals surface area (Å²) in [5, 5.41) is 8.07. The Bertz CT molecular complexity index is 1620. The van der Waals surface area contributed by atoms with Crippen LogP contribution in [0.4, 0.5) is 0 Å². The Kier molecular flexibility index (Phi) is 8.68. The third kappa shape index (κ3) is 4.79. The molecule has 0 unspecified atom stereocenters. The number of hydrogen-bond acceptors (Lipinski definition) is 0. The van der Waals surface area contributed by atoms with Crippen molar-refractivity contribution in [2.45, 2.75) is 0 Å². The van der Waals surface area contributed by atoms with Gasteiger partial charge in [0.05, 0.1) is 0 Å². The van der Waals surface area contributed by atoms with Crippen molar-refractivity contribution in [2.75, 3.05) is 0 Å². The Morgan fingerprint density at radius 1 is 0.311 bits per heavy atom. The molecule has 0 fully saturated rings. The molecule has 0 aliphatic carbocycles. The predicted octanol–water partition coefficient (Wildman–Crippen LogP) is 7.84. The number of benzene rings is 6. The van der Waals surface area contributed by atoms with E-state index in [1.807, 2.05) is 0 Å². The molecular weight excluding hydrogens is 693 g/mol. The monoisotopic (exact) mass is 729 g/mol. The van der Waals surface area contributed by atoms with E-state index in [0.717, 1.165) is 0 Å². The van der Waals surface area contributed by atoms with Gasteiger partial charge in [-0.1, -0.05) is 0 Å². The molecule has 1 heterocycles. The normalized spacial score (nSPS) is 14.6. The van der Waals surface area contributed by atoms with Crippen molar-refractivity contribution in [2.24, 2.45) is 0 Å². The molecule has 5 heteroatoms. The number of rotatable bonds is 9. The van der Waals surface area contributed by atoms with Gasteiger partial charge >= 0.3 is 276 Å². The van der Waals surface area contributed by atoms with Crippen LogP contribution in [0.3, 0.4) is 0 Å². The fourth-order valence-corrected chi connectivity index (χ4v) is 68.2. The number of halogens is 1. The molecule has 45 heavy (non-hydrogen) atoms. The van der Waals surface area contributed by atoms with Crippen LogP contribution in [0.2, 0.25) is 0 Å². The molecule has 0 atom stereocenters. The van der Waals surface area contributed by atoms with E-state index in [1.165, 1.54) is 31.8 Å². The summed E-state index contributed by atoms with van der Waals surface area (Å²) in [6, 6.07) is 71.8. The quantitative estimate of drug-likeness (QED) is 0.106. The third-order valence-electron chi connectivity index (χ3n) is 8.50. The van der Waals surface area contributed by atoms with E-state index >= 15 is 0 Å². The average Bonchev–Trinajstić information content (AvgIpc) is 3.68. The van der Waals surface area contributed by atoms with Gasteiger partial charge in [0.2, 0.25) is 0 Å².